The van der Waals surface area contributed by atoms with Crippen LogP contribution in [-0.4, -0.2) is 20.4 Å². The van der Waals surface area contributed by atoms with Crippen LogP contribution >= 0.6 is 0 Å². The molecule has 0 unspecified atom stereocenters. The minimum atomic E-state index is -1.00. The lowest BCUT2D eigenvalue weighted by atomic mass is 11.0. The van der Waals surface area contributed by atoms with E-state index in [-0.39, 0.29) is 6.15 Å². The lowest BCUT2D eigenvalue weighted by molar-refractivity contribution is -0.491. The number of nitrogens with zero attached hydrogens (tertiary/aromatic N) is 4. The highest BCUT2D eigenvalue weighted by Crippen LogP contribution is 1.62. The van der Waals surface area contributed by atoms with Crippen LogP contribution in [0.4, 0.5) is 0 Å². The number of hydrogen-bond donors (Lipinski definition) is 3. The van der Waals surface area contributed by atoms with Crippen LogP contribution in [0.2, 0.25) is 0 Å². The number of rotatable bonds is 0. The van der Waals surface area contributed by atoms with Crippen molar-refractivity contribution in [3.8, 4) is 0 Å². The first-order valence-electron chi connectivity index (χ1n) is 2.46. The highest BCUT2D eigenvalue weighted by atomic mass is 16.7. The minimum absolute atomic E-state index is 0. The van der Waals surface area contributed by atoms with Crippen molar-refractivity contribution >= 4 is 0 Å². The third kappa shape index (κ3) is 110. The Bertz CT molecular complexity index is 185. The first kappa shape index (κ1) is 17.5. The molecule has 0 spiro atoms. The number of hydrogen-bond acceptors (Lipinski definition) is 8. The zero-order chi connectivity index (χ0) is 10.7. The van der Waals surface area contributed by atoms with Crippen molar-refractivity contribution in [3.63, 3.8) is 0 Å². The van der Waals surface area contributed by atoms with Gasteiger partial charge in [-0.3, -0.25) is 0 Å². The third-order valence-corrected chi connectivity index (χ3v) is 0.283. The maximum atomic E-state index is 8.58. The summed E-state index contributed by atoms with van der Waals surface area (Å²) in [6.45, 7) is 0. The fourth-order valence-electron chi connectivity index (χ4n) is 0.136. The highest BCUT2D eigenvalue weighted by Gasteiger charge is 1.61. The van der Waals surface area contributed by atoms with E-state index in [1.54, 1.807) is 0 Å². The Hall–Kier alpha value is -2.50. The maximum absolute atomic E-state index is 8.58. The second-order valence-electron chi connectivity index (χ2n) is 1.16. The summed E-state index contributed by atoms with van der Waals surface area (Å²) in [4.78, 5) is 17.2. The molecule has 0 amide bonds. The van der Waals surface area contributed by atoms with Gasteiger partial charge in [0.1, 0.15) is 0 Å². The largest absolute Gasteiger partial charge is 0.344 e. The van der Waals surface area contributed by atoms with E-state index in [0.717, 1.165) is 0 Å². The zero-order valence-electron chi connectivity index (χ0n) is 6.85. The average Bonchev–Trinajstić information content (AvgIpc) is 2.35. The Labute approximate surface area is 76.6 Å². The van der Waals surface area contributed by atoms with Crippen molar-refractivity contribution in [1.82, 2.24) is 16.5 Å². The van der Waals surface area contributed by atoms with Crippen LogP contribution in [0.15, 0.2) is 17.0 Å². The predicted molar refractivity (Wildman–Crippen MR) is 41.7 cm³/mol. The van der Waals surface area contributed by atoms with Crippen molar-refractivity contribution in [2.45, 2.75) is 0 Å². The van der Waals surface area contributed by atoms with Gasteiger partial charge in [0, 0.05) is 0 Å². The fourth-order valence-corrected chi connectivity index (χ4v) is 0.136. The first-order valence-corrected chi connectivity index (χ1v) is 2.46. The zero-order valence-corrected chi connectivity index (χ0v) is 6.85. The van der Waals surface area contributed by atoms with Crippen molar-refractivity contribution in [3.05, 3.63) is 32.6 Å². The van der Waals surface area contributed by atoms with Crippen molar-refractivity contribution < 1.29 is 14.7 Å². The summed E-state index contributed by atoms with van der Waals surface area (Å²) in [6, 6.07) is 0. The Morgan fingerprint density at radius 2 is 1.29 bits per heavy atom. The molecule has 0 atom stereocenters. The average molecular weight is 211 g/mol. The monoisotopic (exact) mass is 211 g/mol. The van der Waals surface area contributed by atoms with E-state index in [4.69, 9.17) is 20.2 Å². The molecular weight excluding hydrogens is 202 g/mol. The number of nitrogens with two attached hydrogens (primary N) is 2. The standard InChI is InChI=1S/C2H2N2O.2H2N2O2.H3N/c1-2-4-5-3-1;2*1-2(3)4;/h1-2H;2*1H2;1H3. The Balaban J connectivity index is -0.000000127. The van der Waals surface area contributed by atoms with Crippen molar-refractivity contribution in [1.29, 1.82) is 0 Å². The van der Waals surface area contributed by atoms with E-state index < -0.39 is 10.1 Å². The second-order valence-corrected chi connectivity index (χ2v) is 1.16. The van der Waals surface area contributed by atoms with Gasteiger partial charge < -0.3 is 6.15 Å². The summed E-state index contributed by atoms with van der Waals surface area (Å²) < 4.78 is 4.08. The fraction of sp³-hybridized carbons (Fsp3) is 0. The van der Waals surface area contributed by atoms with E-state index in [0.29, 0.717) is 0 Å². The first-order chi connectivity index (χ1) is 5.96. The molecule has 0 aliphatic heterocycles. The van der Waals surface area contributed by atoms with Gasteiger partial charge in [-0.05, 0) is 0 Å². The van der Waals surface area contributed by atoms with Crippen LogP contribution in [0, 0.1) is 20.2 Å². The summed E-state index contributed by atoms with van der Waals surface area (Å²) in [6.07, 6.45) is 2.94. The lowest BCUT2D eigenvalue weighted by Gasteiger charge is -1.61. The van der Waals surface area contributed by atoms with Crippen LogP contribution in [0.3, 0.4) is 0 Å². The number of hydrazine groups is 2. The van der Waals surface area contributed by atoms with Crippen LogP contribution in [-0.2, 0) is 0 Å². The molecule has 7 N–H and O–H groups in total. The van der Waals surface area contributed by atoms with Gasteiger partial charge >= 0.3 is 0 Å². The molecule has 0 saturated carbocycles. The molecule has 12 heteroatoms. The molecule has 1 aromatic heterocycles. The third-order valence-electron chi connectivity index (χ3n) is 0.283. The summed E-state index contributed by atoms with van der Waals surface area (Å²) in [5, 5.41) is 21.6. The van der Waals surface area contributed by atoms with Crippen LogP contribution in [0.1, 0.15) is 0 Å². The number of nitro groups is 2. The van der Waals surface area contributed by atoms with Crippen LogP contribution < -0.4 is 17.8 Å². The summed E-state index contributed by atoms with van der Waals surface area (Å²) in [5.74, 6) is 7.67. The normalized spacial score (nSPS) is 6.29. The van der Waals surface area contributed by atoms with Gasteiger partial charge in [-0.25, -0.2) is 24.9 Å². The molecular formula is C2H9N7O5. The highest BCUT2D eigenvalue weighted by molar-refractivity contribution is 4.51. The van der Waals surface area contributed by atoms with Gasteiger partial charge in [0.15, 0.2) is 10.1 Å². The maximum Gasteiger partial charge on any atom is 0.154 e. The molecule has 0 aliphatic rings. The van der Waals surface area contributed by atoms with Gasteiger partial charge in [-0.15, -0.1) is 0 Å². The van der Waals surface area contributed by atoms with E-state index in [2.05, 4.69) is 26.6 Å². The summed E-state index contributed by atoms with van der Waals surface area (Å²) in [5.41, 5.74) is 0. The van der Waals surface area contributed by atoms with Gasteiger partial charge in [0.05, 0.1) is 12.4 Å². The summed E-state index contributed by atoms with van der Waals surface area (Å²) in [7, 11) is 0. The predicted octanol–water partition coefficient (Wildman–Crippen LogP) is -1.49. The number of aromatic nitrogens is 2. The molecule has 0 saturated heterocycles. The minimum Gasteiger partial charge on any atom is -0.344 e. The molecule has 1 aromatic rings. The quantitative estimate of drug-likeness (QED) is 0.256. The van der Waals surface area contributed by atoms with Crippen LogP contribution in [0.25, 0.3) is 0 Å². The van der Waals surface area contributed by atoms with E-state index in [9.17, 15) is 0 Å². The molecule has 14 heavy (non-hydrogen) atoms. The summed E-state index contributed by atoms with van der Waals surface area (Å²) >= 11 is 0. The smallest absolute Gasteiger partial charge is 0.154 e. The molecule has 0 aromatic carbocycles. The van der Waals surface area contributed by atoms with E-state index in [1.165, 1.54) is 12.4 Å². The Morgan fingerprint density at radius 1 is 1.07 bits per heavy atom. The van der Waals surface area contributed by atoms with Crippen molar-refractivity contribution in [2.24, 2.45) is 11.7 Å². The van der Waals surface area contributed by atoms with Gasteiger partial charge in [-0.2, -0.15) is 11.7 Å². The molecule has 12 nitrogen and oxygen atoms in total. The molecule has 1 heterocycles. The van der Waals surface area contributed by atoms with Gasteiger partial charge in [0.25, 0.3) is 0 Å². The van der Waals surface area contributed by atoms with E-state index in [1.807, 2.05) is 0 Å². The topological polar surface area (TPSA) is 212 Å². The van der Waals surface area contributed by atoms with Crippen LogP contribution in [0.5, 0.6) is 0 Å². The molecule has 0 bridgehead atoms. The van der Waals surface area contributed by atoms with Gasteiger partial charge in [-0.1, -0.05) is 10.3 Å². The molecule has 1 rings (SSSR count). The second kappa shape index (κ2) is 13.1. The van der Waals surface area contributed by atoms with Crippen molar-refractivity contribution in [2.75, 3.05) is 0 Å². The van der Waals surface area contributed by atoms with Gasteiger partial charge in [0.2, 0.25) is 0 Å². The van der Waals surface area contributed by atoms with E-state index >= 15 is 0 Å². The Kier molecular flexibility index (Phi) is 16.4. The molecule has 0 aliphatic carbocycles. The molecule has 0 fully saturated rings. The molecule has 82 valence electrons. The SMILES string of the molecule is N.N[N+](=O)[O-].N[N+](=O)[O-].c1cnon1. The lowest BCUT2D eigenvalue weighted by Crippen LogP contribution is -2.04. The Morgan fingerprint density at radius 3 is 1.36 bits per heavy atom. The molecule has 0 radical (unpaired) electrons.